The van der Waals surface area contributed by atoms with Gasteiger partial charge in [0, 0.05) is 10.2 Å². The Kier molecular flexibility index (Phi) is 4.50. The van der Waals surface area contributed by atoms with E-state index in [1.807, 2.05) is 24.3 Å². The van der Waals surface area contributed by atoms with Crippen molar-refractivity contribution < 1.29 is 4.79 Å². The van der Waals surface area contributed by atoms with Gasteiger partial charge in [-0.15, -0.1) is 0 Å². The number of nitrogens with one attached hydrogen (secondary N) is 1. The summed E-state index contributed by atoms with van der Waals surface area (Å²) in [5.41, 5.74) is 1.62. The third kappa shape index (κ3) is 4.29. The van der Waals surface area contributed by atoms with Gasteiger partial charge in [-0.3, -0.25) is 10.1 Å². The van der Waals surface area contributed by atoms with Crippen molar-refractivity contribution in [1.82, 2.24) is 9.97 Å². The van der Waals surface area contributed by atoms with E-state index in [0.717, 1.165) is 10.0 Å². The molecule has 4 nitrogen and oxygen atoms in total. The van der Waals surface area contributed by atoms with Crippen LogP contribution in [-0.2, 0) is 11.2 Å². The first-order chi connectivity index (χ1) is 9.02. The van der Waals surface area contributed by atoms with Gasteiger partial charge in [0.2, 0.25) is 11.9 Å². The van der Waals surface area contributed by atoms with E-state index < -0.39 is 0 Å². The van der Waals surface area contributed by atoms with Crippen LogP contribution in [0.5, 0.6) is 0 Å². The molecule has 0 atom stereocenters. The molecule has 2 aromatic rings. The molecular weight excluding hydrogens is 330 g/mol. The van der Waals surface area contributed by atoms with Gasteiger partial charge in [0.25, 0.3) is 0 Å². The van der Waals surface area contributed by atoms with Crippen LogP contribution in [-0.4, -0.2) is 15.9 Å². The molecule has 1 N–H and O–H groups in total. The predicted molar refractivity (Wildman–Crippen MR) is 78.3 cm³/mol. The summed E-state index contributed by atoms with van der Waals surface area (Å²) in [5.74, 6) is 0.0519. The van der Waals surface area contributed by atoms with Crippen molar-refractivity contribution in [2.24, 2.45) is 0 Å². The maximum Gasteiger partial charge on any atom is 0.231 e. The van der Waals surface area contributed by atoms with Crippen molar-refractivity contribution in [1.29, 1.82) is 0 Å². The Morgan fingerprint density at radius 3 is 2.63 bits per heavy atom. The Labute approximate surface area is 124 Å². The summed E-state index contributed by atoms with van der Waals surface area (Å²) in [6.45, 7) is 1.79. The zero-order chi connectivity index (χ0) is 13.8. The van der Waals surface area contributed by atoms with Gasteiger partial charge in [-0.05, 0) is 30.7 Å². The number of amides is 1. The Balaban J connectivity index is 2.03. The summed E-state index contributed by atoms with van der Waals surface area (Å²) in [4.78, 5) is 19.9. The molecule has 1 amide bonds. The Bertz CT molecular complexity index is 581. The molecule has 0 aliphatic carbocycles. The molecule has 1 aromatic carbocycles. The lowest BCUT2D eigenvalue weighted by atomic mass is 10.1. The monoisotopic (exact) mass is 339 g/mol. The van der Waals surface area contributed by atoms with E-state index >= 15 is 0 Å². The van der Waals surface area contributed by atoms with E-state index in [9.17, 15) is 4.79 Å². The molecule has 1 heterocycles. The highest BCUT2D eigenvalue weighted by Gasteiger charge is 2.07. The number of hydrogen-bond donors (Lipinski definition) is 1. The minimum Gasteiger partial charge on any atom is -0.294 e. The van der Waals surface area contributed by atoms with Crippen molar-refractivity contribution in [3.63, 3.8) is 0 Å². The molecule has 0 aliphatic rings. The van der Waals surface area contributed by atoms with Crippen molar-refractivity contribution >= 4 is 39.4 Å². The van der Waals surface area contributed by atoms with Crippen molar-refractivity contribution in [3.05, 3.63) is 51.2 Å². The summed E-state index contributed by atoms with van der Waals surface area (Å²) in [7, 11) is 0. The van der Waals surface area contributed by atoms with Crippen LogP contribution in [0.2, 0.25) is 5.15 Å². The highest BCUT2D eigenvalue weighted by molar-refractivity contribution is 9.10. The Morgan fingerprint density at radius 2 is 2.00 bits per heavy atom. The molecular formula is C13H11BrClN3O. The summed E-state index contributed by atoms with van der Waals surface area (Å²) in [5, 5.41) is 2.94. The van der Waals surface area contributed by atoms with Gasteiger partial charge < -0.3 is 0 Å². The lowest BCUT2D eigenvalue weighted by Crippen LogP contribution is -2.16. The lowest BCUT2D eigenvalue weighted by molar-refractivity contribution is -0.115. The second-order valence-electron chi connectivity index (χ2n) is 4.01. The standard InChI is InChI=1S/C13H11BrClN3O/c1-8-6-11(15)17-13(16-8)18-12(19)7-9-2-4-10(14)5-3-9/h2-6H,7H2,1H3,(H,16,17,18,19). The maximum absolute atomic E-state index is 11.8. The fourth-order valence-electron chi connectivity index (χ4n) is 1.54. The fourth-order valence-corrected chi connectivity index (χ4v) is 2.04. The molecule has 0 saturated carbocycles. The van der Waals surface area contributed by atoms with Gasteiger partial charge in [-0.2, -0.15) is 0 Å². The van der Waals surface area contributed by atoms with Crippen LogP contribution in [0.25, 0.3) is 0 Å². The molecule has 0 spiro atoms. The molecule has 0 unspecified atom stereocenters. The predicted octanol–water partition coefficient (Wildman–Crippen LogP) is 3.38. The van der Waals surface area contributed by atoms with Crippen molar-refractivity contribution in [2.45, 2.75) is 13.3 Å². The molecule has 0 radical (unpaired) electrons. The maximum atomic E-state index is 11.8. The molecule has 98 valence electrons. The SMILES string of the molecule is Cc1cc(Cl)nc(NC(=O)Cc2ccc(Br)cc2)n1. The fraction of sp³-hybridized carbons (Fsp3) is 0.154. The molecule has 19 heavy (non-hydrogen) atoms. The number of carbonyl (C=O) groups excluding carboxylic acids is 1. The van der Waals surface area contributed by atoms with E-state index in [0.29, 0.717) is 10.8 Å². The van der Waals surface area contributed by atoms with E-state index in [2.05, 4.69) is 31.2 Å². The number of benzene rings is 1. The van der Waals surface area contributed by atoms with Crippen LogP contribution in [0.4, 0.5) is 5.95 Å². The van der Waals surface area contributed by atoms with Gasteiger partial charge in [0.05, 0.1) is 6.42 Å². The van der Waals surface area contributed by atoms with E-state index in [4.69, 9.17) is 11.6 Å². The van der Waals surface area contributed by atoms with E-state index in [1.165, 1.54) is 0 Å². The number of anilines is 1. The van der Waals surface area contributed by atoms with Crippen molar-refractivity contribution in [3.8, 4) is 0 Å². The van der Waals surface area contributed by atoms with E-state index in [-0.39, 0.29) is 18.3 Å². The number of carbonyl (C=O) groups is 1. The first-order valence-electron chi connectivity index (χ1n) is 5.58. The van der Waals surface area contributed by atoms with Gasteiger partial charge >= 0.3 is 0 Å². The number of halogens is 2. The van der Waals surface area contributed by atoms with Crippen LogP contribution in [0, 0.1) is 6.92 Å². The third-order valence-electron chi connectivity index (χ3n) is 2.35. The largest absolute Gasteiger partial charge is 0.294 e. The van der Waals surface area contributed by atoms with Crippen LogP contribution in [0.1, 0.15) is 11.3 Å². The number of hydrogen-bond acceptors (Lipinski definition) is 3. The molecule has 1 aromatic heterocycles. The first-order valence-corrected chi connectivity index (χ1v) is 6.75. The molecule has 0 bridgehead atoms. The Hall–Kier alpha value is -1.46. The summed E-state index contributed by atoms with van der Waals surface area (Å²) in [6.07, 6.45) is 0.266. The zero-order valence-electron chi connectivity index (χ0n) is 10.2. The molecule has 0 saturated heterocycles. The quantitative estimate of drug-likeness (QED) is 0.872. The smallest absolute Gasteiger partial charge is 0.231 e. The molecule has 2 rings (SSSR count). The summed E-state index contributed by atoms with van der Waals surface area (Å²) >= 11 is 9.15. The number of nitrogens with zero attached hydrogens (tertiary/aromatic N) is 2. The van der Waals surface area contributed by atoms with Gasteiger partial charge in [-0.1, -0.05) is 39.7 Å². The highest BCUT2D eigenvalue weighted by Crippen LogP contribution is 2.12. The van der Waals surface area contributed by atoms with Crippen LogP contribution < -0.4 is 5.32 Å². The molecule has 6 heteroatoms. The lowest BCUT2D eigenvalue weighted by Gasteiger charge is -2.05. The minimum atomic E-state index is -0.177. The number of rotatable bonds is 3. The second kappa shape index (κ2) is 6.12. The Morgan fingerprint density at radius 1 is 1.32 bits per heavy atom. The summed E-state index contributed by atoms with van der Waals surface area (Å²) in [6, 6.07) is 9.18. The first kappa shape index (κ1) is 14.0. The van der Waals surface area contributed by atoms with Gasteiger partial charge in [-0.25, -0.2) is 9.97 Å². The van der Waals surface area contributed by atoms with Gasteiger partial charge in [0.1, 0.15) is 5.15 Å². The van der Waals surface area contributed by atoms with Gasteiger partial charge in [0.15, 0.2) is 0 Å². The number of aryl methyl sites for hydroxylation is 1. The van der Waals surface area contributed by atoms with Crippen LogP contribution in [0.3, 0.4) is 0 Å². The number of aromatic nitrogens is 2. The average Bonchev–Trinajstić information content (AvgIpc) is 2.30. The molecule has 0 fully saturated rings. The third-order valence-corrected chi connectivity index (χ3v) is 3.07. The zero-order valence-corrected chi connectivity index (χ0v) is 12.5. The van der Waals surface area contributed by atoms with Crippen LogP contribution >= 0.6 is 27.5 Å². The minimum absolute atomic E-state index is 0.177. The van der Waals surface area contributed by atoms with Crippen molar-refractivity contribution in [2.75, 3.05) is 5.32 Å². The normalized spacial score (nSPS) is 10.3. The van der Waals surface area contributed by atoms with E-state index in [1.54, 1.807) is 13.0 Å². The average molecular weight is 341 g/mol. The molecule has 0 aliphatic heterocycles. The highest BCUT2D eigenvalue weighted by atomic mass is 79.9. The topological polar surface area (TPSA) is 54.9 Å². The van der Waals surface area contributed by atoms with Crippen LogP contribution in [0.15, 0.2) is 34.8 Å². The summed E-state index contributed by atoms with van der Waals surface area (Å²) < 4.78 is 0.977. The second-order valence-corrected chi connectivity index (χ2v) is 5.31.